The molecule has 0 radical (unpaired) electrons. The minimum atomic E-state index is 0. The zero-order valence-electron chi connectivity index (χ0n) is 22.8. The molecule has 0 aliphatic rings. The second-order valence-corrected chi connectivity index (χ2v) is 10.5. The molecule has 0 spiro atoms. The van der Waals surface area contributed by atoms with Gasteiger partial charge in [-0.25, -0.2) is 21.1 Å². The van der Waals surface area contributed by atoms with Crippen molar-refractivity contribution >= 4 is 21.9 Å². The van der Waals surface area contributed by atoms with Crippen molar-refractivity contribution in [3.8, 4) is 28.6 Å². The van der Waals surface area contributed by atoms with E-state index >= 15 is 0 Å². The standard InChI is InChI=1S/C33H29N5O.Pt/c1-21(2)13-23-9-11-35-31(14-23)38-29-8-6-5-7-28(29)33-30(38)16-26(19-37-33)25-15-27(20-34-18-25)39-32-17-24(22(3)4)10-12-36-32;/h5-12,14,17-22H,13H2,1-4H3;/q-2;+2. The van der Waals surface area contributed by atoms with Gasteiger partial charge >= 0.3 is 21.1 Å². The zero-order chi connectivity index (χ0) is 26.9. The van der Waals surface area contributed by atoms with Gasteiger partial charge in [0.1, 0.15) is 5.82 Å². The molecule has 0 unspecified atom stereocenters. The number of hydrogen-bond donors (Lipinski definition) is 0. The normalized spacial score (nSPS) is 11.3. The van der Waals surface area contributed by atoms with E-state index in [1.165, 1.54) is 5.56 Å². The van der Waals surface area contributed by atoms with E-state index < -0.39 is 0 Å². The number of nitrogens with zero attached hydrogens (tertiary/aromatic N) is 5. The molecular formula is C33H29N5OPt. The van der Waals surface area contributed by atoms with Gasteiger partial charge in [0.2, 0.25) is 5.88 Å². The van der Waals surface area contributed by atoms with Crippen molar-refractivity contribution in [3.63, 3.8) is 0 Å². The molecule has 40 heavy (non-hydrogen) atoms. The van der Waals surface area contributed by atoms with Gasteiger partial charge in [0, 0.05) is 29.5 Å². The van der Waals surface area contributed by atoms with E-state index in [-0.39, 0.29) is 21.1 Å². The Labute approximate surface area is 248 Å². The molecule has 5 aromatic heterocycles. The van der Waals surface area contributed by atoms with Crippen LogP contribution in [0, 0.1) is 18.1 Å². The van der Waals surface area contributed by atoms with Crippen LogP contribution in [-0.2, 0) is 27.5 Å². The smallest absolute Gasteiger partial charge is 0.458 e. The average Bonchev–Trinajstić information content (AvgIpc) is 3.27. The summed E-state index contributed by atoms with van der Waals surface area (Å²) >= 11 is 0. The molecule has 0 bridgehead atoms. The molecule has 0 N–H and O–H groups in total. The number of hydrogen-bond acceptors (Lipinski definition) is 5. The summed E-state index contributed by atoms with van der Waals surface area (Å²) in [6, 6.07) is 23.4. The first kappa shape index (κ1) is 27.7. The monoisotopic (exact) mass is 706 g/mol. The summed E-state index contributed by atoms with van der Waals surface area (Å²) in [5, 5.41) is 1.06. The third-order valence-electron chi connectivity index (χ3n) is 6.69. The molecule has 0 aliphatic carbocycles. The maximum Gasteiger partial charge on any atom is 2.00 e. The Morgan fingerprint density at radius 2 is 1.65 bits per heavy atom. The third-order valence-corrected chi connectivity index (χ3v) is 6.69. The van der Waals surface area contributed by atoms with Crippen molar-refractivity contribution in [1.29, 1.82) is 0 Å². The van der Waals surface area contributed by atoms with Crippen LogP contribution in [0.15, 0.2) is 79.5 Å². The molecule has 6 rings (SSSR count). The molecular weight excluding hydrogens is 677 g/mol. The van der Waals surface area contributed by atoms with Crippen molar-refractivity contribution in [2.45, 2.75) is 40.0 Å². The molecule has 0 aliphatic heterocycles. The minimum Gasteiger partial charge on any atom is -0.458 e. The van der Waals surface area contributed by atoms with Crippen LogP contribution < -0.4 is 4.74 Å². The Hall–Kier alpha value is -3.89. The van der Waals surface area contributed by atoms with Gasteiger partial charge in [0.25, 0.3) is 0 Å². The SMILES string of the molecule is CC(C)Cc1ccnc(-n2c3[c-]c(-c4[c-]c(Oc5cc(C(C)C)ccn5)cnc4)cnc3c3ccccc32)c1.[Pt+2]. The van der Waals surface area contributed by atoms with Crippen LogP contribution in [0.3, 0.4) is 0 Å². The second-order valence-electron chi connectivity index (χ2n) is 10.5. The maximum absolute atomic E-state index is 6.03. The number of para-hydroxylation sites is 1. The molecule has 1 aromatic carbocycles. The number of benzene rings is 1. The molecule has 0 saturated heterocycles. The quantitative estimate of drug-likeness (QED) is 0.159. The number of aromatic nitrogens is 5. The summed E-state index contributed by atoms with van der Waals surface area (Å²) in [6.07, 6.45) is 9.83. The van der Waals surface area contributed by atoms with Crippen molar-refractivity contribution in [2.75, 3.05) is 0 Å². The summed E-state index contributed by atoms with van der Waals surface area (Å²) in [7, 11) is 0. The summed E-state index contributed by atoms with van der Waals surface area (Å²) < 4.78 is 8.16. The number of rotatable bonds is 7. The Morgan fingerprint density at radius 1 is 0.850 bits per heavy atom. The maximum atomic E-state index is 6.03. The first-order chi connectivity index (χ1) is 19.0. The predicted octanol–water partition coefficient (Wildman–Crippen LogP) is 7.74. The first-order valence-corrected chi connectivity index (χ1v) is 13.2. The van der Waals surface area contributed by atoms with Crippen LogP contribution in [0.4, 0.5) is 0 Å². The Kier molecular flexibility index (Phi) is 8.09. The topological polar surface area (TPSA) is 65.7 Å². The molecule has 0 atom stereocenters. The largest absolute Gasteiger partial charge is 2.00 e. The van der Waals surface area contributed by atoms with Gasteiger partial charge < -0.3 is 19.3 Å². The molecule has 6 aromatic rings. The van der Waals surface area contributed by atoms with Gasteiger partial charge in [-0.1, -0.05) is 58.3 Å². The fourth-order valence-electron chi connectivity index (χ4n) is 4.83. The van der Waals surface area contributed by atoms with Gasteiger partial charge in [-0.15, -0.1) is 6.07 Å². The molecule has 0 amide bonds. The first-order valence-electron chi connectivity index (χ1n) is 13.2. The molecule has 202 valence electrons. The van der Waals surface area contributed by atoms with E-state index in [9.17, 15) is 0 Å². The summed E-state index contributed by atoms with van der Waals surface area (Å²) in [5.74, 6) is 2.78. The van der Waals surface area contributed by atoms with Gasteiger partial charge in [0.15, 0.2) is 0 Å². The molecule has 5 heterocycles. The van der Waals surface area contributed by atoms with Gasteiger partial charge in [-0.3, -0.25) is 0 Å². The van der Waals surface area contributed by atoms with E-state index in [1.54, 1.807) is 18.6 Å². The number of fused-ring (bicyclic) bond motifs is 3. The molecule has 0 fully saturated rings. The minimum absolute atomic E-state index is 0. The van der Waals surface area contributed by atoms with Crippen molar-refractivity contribution < 1.29 is 25.8 Å². The van der Waals surface area contributed by atoms with Crippen LogP contribution in [0.5, 0.6) is 11.6 Å². The zero-order valence-corrected chi connectivity index (χ0v) is 25.1. The number of pyridine rings is 4. The van der Waals surface area contributed by atoms with E-state index in [2.05, 4.69) is 78.6 Å². The van der Waals surface area contributed by atoms with E-state index in [0.29, 0.717) is 23.5 Å². The van der Waals surface area contributed by atoms with Crippen LogP contribution in [0.25, 0.3) is 38.9 Å². The fourth-order valence-corrected chi connectivity index (χ4v) is 4.83. The van der Waals surface area contributed by atoms with Crippen molar-refractivity contribution in [2.24, 2.45) is 5.92 Å². The molecule has 0 saturated carbocycles. The van der Waals surface area contributed by atoms with Crippen molar-refractivity contribution in [3.05, 3.63) is 103 Å². The van der Waals surface area contributed by atoms with Gasteiger partial charge in [0.05, 0.1) is 5.75 Å². The van der Waals surface area contributed by atoms with Crippen molar-refractivity contribution in [1.82, 2.24) is 24.5 Å². The van der Waals surface area contributed by atoms with Crippen LogP contribution in [0.2, 0.25) is 0 Å². The third kappa shape index (κ3) is 5.55. The summed E-state index contributed by atoms with van der Waals surface area (Å²) in [5.41, 5.74) is 6.69. The van der Waals surface area contributed by atoms with Crippen LogP contribution >= 0.6 is 0 Å². The fraction of sp³-hybridized carbons (Fsp3) is 0.212. The van der Waals surface area contributed by atoms with Gasteiger partial charge in [-0.05, 0) is 70.7 Å². The summed E-state index contributed by atoms with van der Waals surface area (Å²) in [6.45, 7) is 8.73. The van der Waals surface area contributed by atoms with Crippen LogP contribution in [-0.4, -0.2) is 24.5 Å². The Morgan fingerprint density at radius 3 is 2.48 bits per heavy atom. The van der Waals surface area contributed by atoms with Crippen LogP contribution in [0.1, 0.15) is 44.7 Å². The van der Waals surface area contributed by atoms with E-state index in [1.807, 2.05) is 36.7 Å². The van der Waals surface area contributed by atoms with Gasteiger partial charge in [-0.2, -0.15) is 6.07 Å². The second kappa shape index (κ2) is 11.7. The Bertz CT molecular complexity index is 1790. The molecule has 7 heteroatoms. The van der Waals surface area contributed by atoms with E-state index in [4.69, 9.17) is 14.7 Å². The van der Waals surface area contributed by atoms with E-state index in [0.717, 1.165) is 50.9 Å². The number of ether oxygens (including phenoxy) is 1. The summed E-state index contributed by atoms with van der Waals surface area (Å²) in [4.78, 5) is 18.4. The average molecular weight is 707 g/mol. The molecule has 6 nitrogen and oxygen atoms in total. The Balaban J connectivity index is 0.00000323. The predicted molar refractivity (Wildman–Crippen MR) is 154 cm³/mol.